The first-order chi connectivity index (χ1) is 8.25. The van der Waals surface area contributed by atoms with E-state index >= 15 is 0 Å². The highest BCUT2D eigenvalue weighted by Crippen LogP contribution is 2.53. The molecule has 4 rings (SSSR count). The van der Waals surface area contributed by atoms with Crippen LogP contribution in [-0.2, 0) is 0 Å². The molecule has 2 aromatic rings. The van der Waals surface area contributed by atoms with Crippen molar-refractivity contribution in [3.05, 3.63) is 47.5 Å². The maximum atomic E-state index is 9.96. The standard InChI is InChI=1S/C15H14O2/c16-14-12-7-13(15(14)17)11-6-9-4-2-1-3-8(9)5-10(11)12/h1-6,12-17H,7H2/t12?,13?,14-,15+. The molecule has 2 aliphatic carbocycles. The van der Waals surface area contributed by atoms with Crippen molar-refractivity contribution in [1.82, 2.24) is 0 Å². The van der Waals surface area contributed by atoms with Gasteiger partial charge in [0.1, 0.15) is 0 Å². The molecule has 0 aromatic heterocycles. The first-order valence-corrected chi connectivity index (χ1v) is 6.14. The molecular formula is C15H14O2. The van der Waals surface area contributed by atoms with Gasteiger partial charge >= 0.3 is 0 Å². The maximum Gasteiger partial charge on any atom is 0.0873 e. The highest BCUT2D eigenvalue weighted by molar-refractivity contribution is 5.85. The first kappa shape index (κ1) is 9.63. The molecule has 17 heavy (non-hydrogen) atoms. The highest BCUT2D eigenvalue weighted by atomic mass is 16.3. The number of hydrogen-bond donors (Lipinski definition) is 2. The van der Waals surface area contributed by atoms with E-state index in [0.717, 1.165) is 6.42 Å². The lowest BCUT2D eigenvalue weighted by molar-refractivity contribution is 0.0217. The van der Waals surface area contributed by atoms with Gasteiger partial charge in [0.25, 0.3) is 0 Å². The Morgan fingerprint density at radius 2 is 1.29 bits per heavy atom. The van der Waals surface area contributed by atoms with E-state index in [-0.39, 0.29) is 11.8 Å². The van der Waals surface area contributed by atoms with Crippen molar-refractivity contribution >= 4 is 10.8 Å². The fourth-order valence-corrected chi connectivity index (χ4v) is 3.57. The van der Waals surface area contributed by atoms with Crippen LogP contribution in [0.3, 0.4) is 0 Å². The van der Waals surface area contributed by atoms with E-state index in [1.54, 1.807) is 0 Å². The molecule has 2 nitrogen and oxygen atoms in total. The molecule has 0 heterocycles. The zero-order chi connectivity index (χ0) is 11.6. The molecule has 1 fully saturated rings. The van der Waals surface area contributed by atoms with Crippen molar-refractivity contribution in [2.75, 3.05) is 0 Å². The topological polar surface area (TPSA) is 40.5 Å². The van der Waals surface area contributed by atoms with E-state index < -0.39 is 12.2 Å². The summed E-state index contributed by atoms with van der Waals surface area (Å²) in [4.78, 5) is 0. The van der Waals surface area contributed by atoms with Gasteiger partial charge in [0.2, 0.25) is 0 Å². The third-order valence-corrected chi connectivity index (χ3v) is 4.43. The zero-order valence-corrected chi connectivity index (χ0v) is 9.38. The molecule has 0 amide bonds. The summed E-state index contributed by atoms with van der Waals surface area (Å²) in [5, 5.41) is 22.4. The Hall–Kier alpha value is -1.38. The van der Waals surface area contributed by atoms with Crippen molar-refractivity contribution in [1.29, 1.82) is 0 Å². The monoisotopic (exact) mass is 226 g/mol. The number of fused-ring (bicyclic) bond motifs is 6. The minimum absolute atomic E-state index is 0.134. The van der Waals surface area contributed by atoms with Gasteiger partial charge in [-0.25, -0.2) is 0 Å². The summed E-state index contributed by atoms with van der Waals surface area (Å²) in [6, 6.07) is 12.6. The molecule has 0 aliphatic heterocycles. The molecule has 4 atom stereocenters. The summed E-state index contributed by atoms with van der Waals surface area (Å²) in [5.41, 5.74) is 2.48. The highest BCUT2D eigenvalue weighted by Gasteiger charge is 2.49. The van der Waals surface area contributed by atoms with Crippen LogP contribution in [0.15, 0.2) is 36.4 Å². The Morgan fingerprint density at radius 1 is 0.824 bits per heavy atom. The molecule has 0 saturated heterocycles. The minimum Gasteiger partial charge on any atom is -0.390 e. The van der Waals surface area contributed by atoms with Crippen LogP contribution in [0.2, 0.25) is 0 Å². The van der Waals surface area contributed by atoms with Gasteiger partial charge in [-0.1, -0.05) is 36.4 Å². The number of hydrogen-bond acceptors (Lipinski definition) is 2. The molecular weight excluding hydrogens is 212 g/mol. The van der Waals surface area contributed by atoms with Gasteiger partial charge in [-0.3, -0.25) is 0 Å². The molecule has 2 unspecified atom stereocenters. The summed E-state index contributed by atoms with van der Waals surface area (Å²) in [7, 11) is 0. The van der Waals surface area contributed by atoms with Crippen molar-refractivity contribution in [3.63, 3.8) is 0 Å². The molecule has 1 saturated carbocycles. The molecule has 2 aliphatic rings. The van der Waals surface area contributed by atoms with Crippen molar-refractivity contribution in [3.8, 4) is 0 Å². The second kappa shape index (κ2) is 3.09. The van der Waals surface area contributed by atoms with E-state index in [4.69, 9.17) is 0 Å². The van der Waals surface area contributed by atoms with E-state index in [2.05, 4.69) is 24.3 Å². The number of aliphatic hydroxyl groups is 2. The Morgan fingerprint density at radius 3 is 1.76 bits per heavy atom. The van der Waals surface area contributed by atoms with Crippen LogP contribution >= 0.6 is 0 Å². The largest absolute Gasteiger partial charge is 0.390 e. The molecule has 2 aromatic carbocycles. The van der Waals surface area contributed by atoms with Gasteiger partial charge in [-0.15, -0.1) is 0 Å². The molecule has 0 radical (unpaired) electrons. The summed E-state index contributed by atoms with van der Waals surface area (Å²) in [6.45, 7) is 0. The van der Waals surface area contributed by atoms with E-state index in [9.17, 15) is 10.2 Å². The van der Waals surface area contributed by atoms with Gasteiger partial charge in [-0.2, -0.15) is 0 Å². The summed E-state index contributed by atoms with van der Waals surface area (Å²) < 4.78 is 0. The Bertz CT molecular complexity index is 552. The van der Waals surface area contributed by atoms with E-state index in [0.29, 0.717) is 0 Å². The second-order valence-electron chi connectivity index (χ2n) is 5.26. The normalized spacial score (nSPS) is 34.2. The molecule has 2 N–H and O–H groups in total. The average molecular weight is 226 g/mol. The second-order valence-corrected chi connectivity index (χ2v) is 5.26. The predicted molar refractivity (Wildman–Crippen MR) is 66.1 cm³/mol. The van der Waals surface area contributed by atoms with Gasteiger partial charge in [0.15, 0.2) is 0 Å². The van der Waals surface area contributed by atoms with Gasteiger partial charge in [0.05, 0.1) is 12.2 Å². The average Bonchev–Trinajstić information content (AvgIpc) is 2.85. The third-order valence-electron chi connectivity index (χ3n) is 4.43. The van der Waals surface area contributed by atoms with Crippen molar-refractivity contribution in [2.45, 2.75) is 30.5 Å². The fraction of sp³-hybridized carbons (Fsp3) is 0.333. The third kappa shape index (κ3) is 1.12. The van der Waals surface area contributed by atoms with Crippen LogP contribution < -0.4 is 0 Å². The Kier molecular flexibility index (Phi) is 1.75. The maximum absolute atomic E-state index is 9.96. The van der Waals surface area contributed by atoms with Crippen molar-refractivity contribution < 1.29 is 10.2 Å². The van der Waals surface area contributed by atoms with E-state index in [1.165, 1.54) is 21.9 Å². The predicted octanol–water partition coefficient (Wildman–Crippen LogP) is 2.15. The Balaban J connectivity index is 1.99. The van der Waals surface area contributed by atoms with Gasteiger partial charge in [-0.05, 0) is 28.3 Å². The van der Waals surface area contributed by atoms with E-state index in [1.807, 2.05) is 12.1 Å². The first-order valence-electron chi connectivity index (χ1n) is 6.14. The fourth-order valence-electron chi connectivity index (χ4n) is 3.57. The Labute approximate surface area is 99.5 Å². The molecule has 86 valence electrons. The van der Waals surface area contributed by atoms with Crippen LogP contribution in [0.25, 0.3) is 10.8 Å². The summed E-state index contributed by atoms with van der Waals surface area (Å²) in [5.74, 6) is 0.268. The van der Waals surface area contributed by atoms with Gasteiger partial charge < -0.3 is 10.2 Å². The minimum atomic E-state index is -0.575. The SMILES string of the molecule is O[C@@H]1C2CC(c3cc4ccccc4cc32)[C@@H]1O. The van der Waals surface area contributed by atoms with Crippen LogP contribution in [-0.4, -0.2) is 22.4 Å². The summed E-state index contributed by atoms with van der Waals surface area (Å²) >= 11 is 0. The zero-order valence-electron chi connectivity index (χ0n) is 9.38. The lowest BCUT2D eigenvalue weighted by atomic mass is 9.86. The van der Waals surface area contributed by atoms with Crippen molar-refractivity contribution in [2.24, 2.45) is 0 Å². The number of rotatable bonds is 0. The lowest BCUT2D eigenvalue weighted by Gasteiger charge is -2.25. The van der Waals surface area contributed by atoms with Crippen LogP contribution in [0.1, 0.15) is 29.4 Å². The lowest BCUT2D eigenvalue weighted by Crippen LogP contribution is -2.30. The number of benzene rings is 2. The summed E-state index contributed by atoms with van der Waals surface area (Å²) in [6.07, 6.45) is -0.254. The van der Waals surface area contributed by atoms with Gasteiger partial charge in [0, 0.05) is 11.8 Å². The van der Waals surface area contributed by atoms with Crippen LogP contribution in [0.5, 0.6) is 0 Å². The smallest absolute Gasteiger partial charge is 0.0873 e. The quantitative estimate of drug-likeness (QED) is 0.722. The molecule has 2 heteroatoms. The molecule has 0 spiro atoms. The number of aliphatic hydroxyl groups excluding tert-OH is 2. The molecule has 2 bridgehead atoms. The van der Waals surface area contributed by atoms with Crippen LogP contribution in [0.4, 0.5) is 0 Å². The van der Waals surface area contributed by atoms with Crippen LogP contribution in [0, 0.1) is 0 Å².